The Kier molecular flexibility index (Phi) is 7.74. The van der Waals surface area contributed by atoms with Crippen molar-refractivity contribution in [3.8, 4) is 11.5 Å². The Morgan fingerprint density at radius 1 is 0.933 bits per heavy atom. The summed E-state index contributed by atoms with van der Waals surface area (Å²) < 4.78 is 10.8. The largest absolute Gasteiger partial charge is 0.497 e. The molecule has 0 saturated carbocycles. The Morgan fingerprint density at radius 2 is 1.60 bits per heavy atom. The molecule has 0 bridgehead atoms. The fraction of sp³-hybridized carbons (Fsp3) is 0.261. The van der Waals surface area contributed by atoms with Crippen molar-refractivity contribution in [1.82, 2.24) is 20.6 Å². The van der Waals surface area contributed by atoms with Crippen LogP contribution in [0.2, 0.25) is 0 Å². The number of hydrogen-bond donors (Lipinski definition) is 2. The van der Waals surface area contributed by atoms with Crippen LogP contribution in [0.15, 0.2) is 67.3 Å². The van der Waals surface area contributed by atoms with Gasteiger partial charge >= 0.3 is 0 Å². The standard InChI is InChI=1S/C23H26N4O3/c1-29-19-3-4-20(21(15-19)30-2)22(27-16-18-7-12-25-13-8-18)23(28)26-14-9-17-5-10-24-11-6-17/h3-8,10-13,15,22,27H,9,14,16H2,1-2H3,(H,26,28). The number of methoxy groups -OCH3 is 2. The lowest BCUT2D eigenvalue weighted by Crippen LogP contribution is -2.38. The van der Waals surface area contributed by atoms with E-state index in [1.807, 2.05) is 36.4 Å². The number of pyridine rings is 2. The molecule has 2 aromatic heterocycles. The molecule has 1 atom stereocenters. The number of ether oxygens (including phenoxy) is 2. The van der Waals surface area contributed by atoms with Crippen molar-refractivity contribution in [3.05, 3.63) is 83.9 Å². The van der Waals surface area contributed by atoms with Crippen LogP contribution < -0.4 is 20.1 Å². The fourth-order valence-electron chi connectivity index (χ4n) is 3.10. The van der Waals surface area contributed by atoms with Gasteiger partial charge in [-0.3, -0.25) is 20.1 Å². The topological polar surface area (TPSA) is 85.4 Å². The van der Waals surface area contributed by atoms with Crippen molar-refractivity contribution in [2.24, 2.45) is 0 Å². The Morgan fingerprint density at radius 3 is 2.23 bits per heavy atom. The first-order valence-corrected chi connectivity index (χ1v) is 9.72. The maximum absolute atomic E-state index is 13.1. The summed E-state index contributed by atoms with van der Waals surface area (Å²) in [6, 6.07) is 12.6. The van der Waals surface area contributed by atoms with E-state index >= 15 is 0 Å². The maximum atomic E-state index is 13.1. The highest BCUT2D eigenvalue weighted by atomic mass is 16.5. The van der Waals surface area contributed by atoms with E-state index in [1.165, 1.54) is 0 Å². The summed E-state index contributed by atoms with van der Waals surface area (Å²) in [6.07, 6.45) is 7.69. The predicted octanol–water partition coefficient (Wildman–Crippen LogP) is 2.68. The highest BCUT2D eigenvalue weighted by Crippen LogP contribution is 2.30. The monoisotopic (exact) mass is 406 g/mol. The van der Waals surface area contributed by atoms with Gasteiger partial charge in [0.1, 0.15) is 17.5 Å². The number of amides is 1. The molecular formula is C23H26N4O3. The van der Waals surface area contributed by atoms with Crippen LogP contribution in [0.4, 0.5) is 0 Å². The van der Waals surface area contributed by atoms with Crippen molar-refractivity contribution in [2.75, 3.05) is 20.8 Å². The number of hydrogen-bond acceptors (Lipinski definition) is 6. The average Bonchev–Trinajstić information content (AvgIpc) is 2.80. The summed E-state index contributed by atoms with van der Waals surface area (Å²) in [5.41, 5.74) is 2.90. The second-order valence-electron chi connectivity index (χ2n) is 6.67. The van der Waals surface area contributed by atoms with Crippen LogP contribution in [-0.2, 0) is 17.8 Å². The zero-order chi connectivity index (χ0) is 21.2. The summed E-state index contributed by atoms with van der Waals surface area (Å²) >= 11 is 0. The highest BCUT2D eigenvalue weighted by molar-refractivity contribution is 5.84. The van der Waals surface area contributed by atoms with Crippen LogP contribution in [-0.4, -0.2) is 36.6 Å². The Hall–Kier alpha value is -3.45. The first kappa shape index (κ1) is 21.3. The Labute approximate surface area is 176 Å². The molecule has 7 nitrogen and oxygen atoms in total. The third kappa shape index (κ3) is 5.78. The van der Waals surface area contributed by atoms with E-state index in [-0.39, 0.29) is 5.91 Å². The summed E-state index contributed by atoms with van der Waals surface area (Å²) in [6.45, 7) is 1.04. The highest BCUT2D eigenvalue weighted by Gasteiger charge is 2.24. The lowest BCUT2D eigenvalue weighted by atomic mass is 10.0. The van der Waals surface area contributed by atoms with Gasteiger partial charge < -0.3 is 14.8 Å². The summed E-state index contributed by atoms with van der Waals surface area (Å²) in [7, 11) is 3.18. The molecular weight excluding hydrogens is 380 g/mol. The maximum Gasteiger partial charge on any atom is 0.241 e. The molecule has 1 aromatic carbocycles. The third-order valence-electron chi connectivity index (χ3n) is 4.74. The van der Waals surface area contributed by atoms with Gasteiger partial charge in [0.15, 0.2) is 0 Å². The van der Waals surface area contributed by atoms with Crippen LogP contribution >= 0.6 is 0 Å². The minimum absolute atomic E-state index is 0.124. The quantitative estimate of drug-likeness (QED) is 0.539. The van der Waals surface area contributed by atoms with Gasteiger partial charge in [-0.15, -0.1) is 0 Å². The molecule has 3 rings (SSSR count). The minimum Gasteiger partial charge on any atom is -0.497 e. The molecule has 3 aromatic rings. The number of carbonyl (C=O) groups excluding carboxylic acids is 1. The molecule has 0 fully saturated rings. The molecule has 0 aliphatic heterocycles. The van der Waals surface area contributed by atoms with Crippen LogP contribution in [0.25, 0.3) is 0 Å². The lowest BCUT2D eigenvalue weighted by Gasteiger charge is -2.21. The summed E-state index contributed by atoms with van der Waals surface area (Å²) in [4.78, 5) is 21.1. The van der Waals surface area contributed by atoms with Gasteiger partial charge in [0.2, 0.25) is 5.91 Å². The average molecular weight is 406 g/mol. The van der Waals surface area contributed by atoms with Crippen LogP contribution in [0, 0.1) is 0 Å². The summed E-state index contributed by atoms with van der Waals surface area (Å²) in [5.74, 6) is 1.13. The second kappa shape index (κ2) is 10.9. The van der Waals surface area contributed by atoms with Gasteiger partial charge in [-0.1, -0.05) is 0 Å². The van der Waals surface area contributed by atoms with E-state index in [0.717, 1.165) is 23.1 Å². The smallest absolute Gasteiger partial charge is 0.241 e. The Balaban J connectivity index is 1.75. The summed E-state index contributed by atoms with van der Waals surface area (Å²) in [5, 5.41) is 6.37. The van der Waals surface area contributed by atoms with Gasteiger partial charge in [-0.05, 0) is 53.9 Å². The van der Waals surface area contributed by atoms with Gasteiger partial charge in [-0.2, -0.15) is 0 Å². The zero-order valence-electron chi connectivity index (χ0n) is 17.2. The molecule has 2 heterocycles. The van der Waals surface area contributed by atoms with Crippen molar-refractivity contribution in [1.29, 1.82) is 0 Å². The van der Waals surface area contributed by atoms with Crippen molar-refractivity contribution >= 4 is 5.91 Å². The number of carbonyl (C=O) groups is 1. The molecule has 156 valence electrons. The lowest BCUT2D eigenvalue weighted by molar-refractivity contribution is -0.123. The van der Waals surface area contributed by atoms with Crippen molar-refractivity contribution in [3.63, 3.8) is 0 Å². The third-order valence-corrected chi connectivity index (χ3v) is 4.74. The molecule has 0 aliphatic rings. The SMILES string of the molecule is COc1ccc(C(NCc2ccncc2)C(=O)NCCc2ccncc2)c(OC)c1. The molecule has 0 saturated heterocycles. The van der Waals surface area contributed by atoms with E-state index in [4.69, 9.17) is 9.47 Å². The normalized spacial score (nSPS) is 11.5. The number of nitrogens with one attached hydrogen (secondary N) is 2. The minimum atomic E-state index is -0.587. The molecule has 2 N–H and O–H groups in total. The number of aromatic nitrogens is 2. The molecule has 1 unspecified atom stereocenters. The zero-order valence-corrected chi connectivity index (χ0v) is 17.2. The molecule has 0 radical (unpaired) electrons. The number of benzene rings is 1. The van der Waals surface area contributed by atoms with E-state index in [2.05, 4.69) is 20.6 Å². The molecule has 30 heavy (non-hydrogen) atoms. The van der Waals surface area contributed by atoms with E-state index < -0.39 is 6.04 Å². The molecule has 7 heteroatoms. The fourth-order valence-corrected chi connectivity index (χ4v) is 3.10. The molecule has 1 amide bonds. The van der Waals surface area contributed by atoms with Crippen molar-refractivity contribution in [2.45, 2.75) is 19.0 Å². The van der Waals surface area contributed by atoms with Gasteiger partial charge in [0.25, 0.3) is 0 Å². The van der Waals surface area contributed by atoms with Gasteiger partial charge in [0, 0.05) is 49.5 Å². The van der Waals surface area contributed by atoms with Gasteiger partial charge in [-0.25, -0.2) is 0 Å². The van der Waals surface area contributed by atoms with Crippen LogP contribution in [0.5, 0.6) is 11.5 Å². The number of nitrogens with zero attached hydrogens (tertiary/aromatic N) is 2. The van der Waals surface area contributed by atoms with Gasteiger partial charge in [0.05, 0.1) is 14.2 Å². The van der Waals surface area contributed by atoms with Crippen LogP contribution in [0.3, 0.4) is 0 Å². The Bertz CT molecular complexity index is 936. The van der Waals surface area contributed by atoms with Crippen LogP contribution in [0.1, 0.15) is 22.7 Å². The van der Waals surface area contributed by atoms with E-state index in [1.54, 1.807) is 45.1 Å². The first-order chi connectivity index (χ1) is 14.7. The first-order valence-electron chi connectivity index (χ1n) is 9.72. The van der Waals surface area contributed by atoms with Crippen molar-refractivity contribution < 1.29 is 14.3 Å². The molecule has 0 spiro atoms. The number of rotatable bonds is 10. The van der Waals surface area contributed by atoms with E-state index in [0.29, 0.717) is 24.6 Å². The van der Waals surface area contributed by atoms with E-state index in [9.17, 15) is 4.79 Å². The second-order valence-corrected chi connectivity index (χ2v) is 6.67. The predicted molar refractivity (Wildman–Crippen MR) is 114 cm³/mol. The molecule has 0 aliphatic carbocycles.